The molecular formula is C11H11ClF4O2S. The SMILES string of the molecule is CCC(Cl)Cc1ccc(F)cc1S(=O)(=O)C(F)(F)F. The number of hydrogen-bond acceptors (Lipinski definition) is 2. The molecule has 1 rings (SSSR count). The highest BCUT2D eigenvalue weighted by Gasteiger charge is 2.48. The van der Waals surface area contributed by atoms with Gasteiger partial charge in [-0.05, 0) is 30.5 Å². The Morgan fingerprint density at radius 1 is 1.32 bits per heavy atom. The molecule has 2 nitrogen and oxygen atoms in total. The first-order valence-electron chi connectivity index (χ1n) is 5.33. The molecule has 1 aromatic carbocycles. The number of benzene rings is 1. The molecule has 0 aliphatic carbocycles. The molecular weight excluding hydrogens is 308 g/mol. The van der Waals surface area contributed by atoms with Crippen molar-refractivity contribution in [3.8, 4) is 0 Å². The van der Waals surface area contributed by atoms with Gasteiger partial charge < -0.3 is 0 Å². The van der Waals surface area contributed by atoms with Crippen LogP contribution in [0.2, 0.25) is 0 Å². The molecule has 1 atom stereocenters. The van der Waals surface area contributed by atoms with E-state index in [2.05, 4.69) is 0 Å². The Morgan fingerprint density at radius 2 is 1.89 bits per heavy atom. The molecule has 0 fully saturated rings. The van der Waals surface area contributed by atoms with E-state index in [-0.39, 0.29) is 12.0 Å². The van der Waals surface area contributed by atoms with E-state index >= 15 is 0 Å². The van der Waals surface area contributed by atoms with Crippen molar-refractivity contribution >= 4 is 21.4 Å². The summed E-state index contributed by atoms with van der Waals surface area (Å²) in [4.78, 5) is -1.07. The number of halogens is 5. The number of hydrogen-bond donors (Lipinski definition) is 0. The van der Waals surface area contributed by atoms with Crippen molar-refractivity contribution in [2.45, 2.75) is 35.5 Å². The Balaban J connectivity index is 3.37. The fraction of sp³-hybridized carbons (Fsp3) is 0.455. The topological polar surface area (TPSA) is 34.1 Å². The fourth-order valence-corrected chi connectivity index (χ4v) is 2.63. The van der Waals surface area contributed by atoms with E-state index in [1.54, 1.807) is 6.92 Å². The zero-order valence-electron chi connectivity index (χ0n) is 9.84. The summed E-state index contributed by atoms with van der Waals surface area (Å²) < 4.78 is 73.3. The number of alkyl halides is 4. The molecule has 0 aromatic heterocycles. The summed E-state index contributed by atoms with van der Waals surface area (Å²) >= 11 is 5.81. The molecule has 1 unspecified atom stereocenters. The second kappa shape index (κ2) is 5.66. The third-order valence-electron chi connectivity index (χ3n) is 2.51. The van der Waals surface area contributed by atoms with Gasteiger partial charge >= 0.3 is 5.51 Å². The van der Waals surface area contributed by atoms with Crippen molar-refractivity contribution in [2.75, 3.05) is 0 Å². The van der Waals surface area contributed by atoms with Crippen LogP contribution < -0.4 is 0 Å². The van der Waals surface area contributed by atoms with Crippen molar-refractivity contribution < 1.29 is 26.0 Å². The van der Waals surface area contributed by atoms with Gasteiger partial charge in [-0.1, -0.05) is 13.0 Å². The molecule has 8 heteroatoms. The Hall–Kier alpha value is -0.820. The summed E-state index contributed by atoms with van der Waals surface area (Å²) in [6.07, 6.45) is 0.368. The van der Waals surface area contributed by atoms with Crippen molar-refractivity contribution in [1.29, 1.82) is 0 Å². The molecule has 0 saturated heterocycles. The van der Waals surface area contributed by atoms with Crippen LogP contribution in [0.25, 0.3) is 0 Å². The molecule has 0 aliphatic heterocycles. The molecule has 1 aromatic rings. The lowest BCUT2D eigenvalue weighted by Crippen LogP contribution is -2.25. The van der Waals surface area contributed by atoms with Gasteiger partial charge in [0.25, 0.3) is 9.84 Å². The first-order valence-corrected chi connectivity index (χ1v) is 7.25. The van der Waals surface area contributed by atoms with Crippen LogP contribution in [0.15, 0.2) is 23.1 Å². The van der Waals surface area contributed by atoms with Crippen LogP contribution >= 0.6 is 11.6 Å². The molecule has 108 valence electrons. The maximum atomic E-state index is 13.0. The average molecular weight is 319 g/mol. The standard InChI is InChI=1S/C11H11ClF4O2S/c1-2-8(12)5-7-3-4-9(13)6-10(7)19(17,18)11(14,15)16/h3-4,6,8H,2,5H2,1H3. The van der Waals surface area contributed by atoms with E-state index in [1.807, 2.05) is 0 Å². The lowest BCUT2D eigenvalue weighted by molar-refractivity contribution is -0.0436. The Morgan fingerprint density at radius 3 is 2.37 bits per heavy atom. The molecule has 0 spiro atoms. The first kappa shape index (κ1) is 16.2. The zero-order chi connectivity index (χ0) is 14.8. The van der Waals surface area contributed by atoms with E-state index in [1.165, 1.54) is 0 Å². The van der Waals surface area contributed by atoms with Gasteiger partial charge in [0, 0.05) is 5.38 Å². The van der Waals surface area contributed by atoms with E-state index in [4.69, 9.17) is 11.6 Å². The number of rotatable bonds is 4. The van der Waals surface area contributed by atoms with Crippen molar-refractivity contribution in [2.24, 2.45) is 0 Å². The predicted molar refractivity (Wildman–Crippen MR) is 63.3 cm³/mol. The summed E-state index contributed by atoms with van der Waals surface area (Å²) in [7, 11) is -5.58. The van der Waals surface area contributed by atoms with E-state index in [0.29, 0.717) is 12.5 Å². The van der Waals surface area contributed by atoms with Gasteiger partial charge in [0.05, 0.1) is 4.90 Å². The maximum absolute atomic E-state index is 13.0. The van der Waals surface area contributed by atoms with Gasteiger partial charge in [-0.25, -0.2) is 12.8 Å². The summed E-state index contributed by atoms with van der Waals surface area (Å²) in [5, 5.41) is -0.521. The van der Waals surface area contributed by atoms with Crippen LogP contribution in [-0.4, -0.2) is 19.3 Å². The predicted octanol–water partition coefficient (Wildman–Crippen LogP) is 3.68. The van der Waals surface area contributed by atoms with Crippen LogP contribution in [-0.2, 0) is 16.3 Å². The molecule has 0 saturated carbocycles. The van der Waals surface area contributed by atoms with Crippen molar-refractivity contribution in [3.63, 3.8) is 0 Å². The van der Waals surface area contributed by atoms with Gasteiger partial charge in [-0.2, -0.15) is 13.2 Å². The van der Waals surface area contributed by atoms with E-state index < -0.39 is 31.4 Å². The highest BCUT2D eigenvalue weighted by atomic mass is 35.5. The van der Waals surface area contributed by atoms with Crippen LogP contribution in [0, 0.1) is 5.82 Å². The maximum Gasteiger partial charge on any atom is 0.501 e. The van der Waals surface area contributed by atoms with E-state index in [9.17, 15) is 26.0 Å². The molecule has 0 radical (unpaired) electrons. The monoisotopic (exact) mass is 318 g/mol. The largest absolute Gasteiger partial charge is 0.501 e. The smallest absolute Gasteiger partial charge is 0.214 e. The third kappa shape index (κ3) is 3.60. The summed E-state index contributed by atoms with van der Waals surface area (Å²) in [6.45, 7) is 1.71. The minimum absolute atomic E-state index is 0.0804. The average Bonchev–Trinajstić information content (AvgIpc) is 2.29. The summed E-state index contributed by atoms with van der Waals surface area (Å²) in [6, 6.07) is 2.29. The molecule has 19 heavy (non-hydrogen) atoms. The Kier molecular flexibility index (Phi) is 4.84. The van der Waals surface area contributed by atoms with Gasteiger partial charge in [0.15, 0.2) is 0 Å². The third-order valence-corrected chi connectivity index (χ3v) is 4.54. The fourth-order valence-electron chi connectivity index (χ4n) is 1.45. The molecule has 0 aliphatic rings. The Bertz CT molecular complexity index is 554. The lowest BCUT2D eigenvalue weighted by atomic mass is 10.1. The zero-order valence-corrected chi connectivity index (χ0v) is 11.4. The molecule has 0 N–H and O–H groups in total. The molecule has 0 heterocycles. The van der Waals surface area contributed by atoms with E-state index in [0.717, 1.165) is 12.1 Å². The summed E-state index contributed by atoms with van der Waals surface area (Å²) in [5.74, 6) is -1.05. The Labute approximate surface area is 113 Å². The summed E-state index contributed by atoms with van der Waals surface area (Å²) in [5.41, 5.74) is -5.61. The highest BCUT2D eigenvalue weighted by Crippen LogP contribution is 2.33. The number of sulfone groups is 1. The molecule has 0 bridgehead atoms. The highest BCUT2D eigenvalue weighted by molar-refractivity contribution is 7.92. The second-order valence-corrected chi connectivity index (χ2v) is 6.44. The van der Waals surface area contributed by atoms with Crippen molar-refractivity contribution in [3.05, 3.63) is 29.6 Å². The first-order chi connectivity index (χ1) is 8.59. The van der Waals surface area contributed by atoms with Crippen LogP contribution in [0.4, 0.5) is 17.6 Å². The van der Waals surface area contributed by atoms with Crippen molar-refractivity contribution in [1.82, 2.24) is 0 Å². The van der Waals surface area contributed by atoms with Crippen LogP contribution in [0.3, 0.4) is 0 Å². The van der Waals surface area contributed by atoms with Crippen LogP contribution in [0.5, 0.6) is 0 Å². The van der Waals surface area contributed by atoms with Gasteiger partial charge in [0.2, 0.25) is 0 Å². The van der Waals surface area contributed by atoms with Gasteiger partial charge in [-0.3, -0.25) is 0 Å². The quantitative estimate of drug-likeness (QED) is 0.627. The lowest BCUT2D eigenvalue weighted by Gasteiger charge is -2.14. The van der Waals surface area contributed by atoms with Gasteiger partial charge in [0.1, 0.15) is 5.82 Å². The second-order valence-electron chi connectivity index (χ2n) is 3.91. The normalized spacial score (nSPS) is 14.4. The van der Waals surface area contributed by atoms with Gasteiger partial charge in [-0.15, -0.1) is 11.6 Å². The minimum Gasteiger partial charge on any atom is -0.214 e. The van der Waals surface area contributed by atoms with Crippen LogP contribution in [0.1, 0.15) is 18.9 Å². The minimum atomic E-state index is -5.58. The molecule has 0 amide bonds.